The van der Waals surface area contributed by atoms with Crippen LogP contribution in [0.5, 0.6) is 0 Å². The highest BCUT2D eigenvalue weighted by Crippen LogP contribution is 2.25. The fraction of sp³-hybridized carbons (Fsp3) is 0.923. The first-order chi connectivity index (χ1) is 8.76. The Balaban J connectivity index is 2.26. The SMILES string of the molecule is CCNC(=NCC1CCCS1)NCCN(C)CC. The maximum atomic E-state index is 4.67. The fourth-order valence-electron chi connectivity index (χ4n) is 1.85. The van der Waals surface area contributed by atoms with Crippen LogP contribution in [0.15, 0.2) is 4.99 Å². The van der Waals surface area contributed by atoms with Crippen LogP contribution in [0.1, 0.15) is 26.7 Å². The number of thioether (sulfide) groups is 1. The molecular weight excluding hydrogens is 244 g/mol. The van der Waals surface area contributed by atoms with Gasteiger partial charge in [0, 0.05) is 24.9 Å². The minimum absolute atomic E-state index is 0.735. The summed E-state index contributed by atoms with van der Waals surface area (Å²) in [5.74, 6) is 2.28. The van der Waals surface area contributed by atoms with Crippen molar-refractivity contribution in [3.8, 4) is 0 Å². The topological polar surface area (TPSA) is 39.7 Å². The summed E-state index contributed by atoms with van der Waals surface area (Å²) in [6.07, 6.45) is 2.68. The van der Waals surface area contributed by atoms with Crippen LogP contribution in [-0.2, 0) is 0 Å². The molecule has 1 atom stereocenters. The van der Waals surface area contributed by atoms with E-state index >= 15 is 0 Å². The van der Waals surface area contributed by atoms with Crippen LogP contribution in [0.3, 0.4) is 0 Å². The lowest BCUT2D eigenvalue weighted by Gasteiger charge is -2.16. The van der Waals surface area contributed by atoms with Crippen molar-refractivity contribution >= 4 is 17.7 Å². The van der Waals surface area contributed by atoms with Gasteiger partial charge in [-0.05, 0) is 39.1 Å². The molecule has 106 valence electrons. The first-order valence-corrected chi connectivity index (χ1v) is 8.13. The van der Waals surface area contributed by atoms with Gasteiger partial charge < -0.3 is 15.5 Å². The van der Waals surface area contributed by atoms with Crippen LogP contribution in [-0.4, -0.2) is 61.6 Å². The molecule has 0 aliphatic carbocycles. The van der Waals surface area contributed by atoms with Gasteiger partial charge >= 0.3 is 0 Å². The second kappa shape index (κ2) is 9.50. The Kier molecular flexibility index (Phi) is 8.25. The van der Waals surface area contributed by atoms with E-state index in [9.17, 15) is 0 Å². The molecule has 0 aromatic heterocycles. The highest BCUT2D eigenvalue weighted by atomic mass is 32.2. The molecule has 0 bridgehead atoms. The first-order valence-electron chi connectivity index (χ1n) is 7.08. The molecule has 1 rings (SSSR count). The van der Waals surface area contributed by atoms with Gasteiger partial charge in [0.05, 0.1) is 6.54 Å². The number of hydrogen-bond donors (Lipinski definition) is 2. The Hall–Kier alpha value is -0.420. The van der Waals surface area contributed by atoms with E-state index in [1.807, 2.05) is 0 Å². The van der Waals surface area contributed by atoms with E-state index in [1.54, 1.807) is 0 Å². The van der Waals surface area contributed by atoms with Crippen molar-refractivity contribution in [3.63, 3.8) is 0 Å². The average Bonchev–Trinajstić information content (AvgIpc) is 2.88. The van der Waals surface area contributed by atoms with Crippen LogP contribution in [0.4, 0.5) is 0 Å². The summed E-state index contributed by atoms with van der Waals surface area (Å²) in [5, 5.41) is 7.44. The Bertz CT molecular complexity index is 239. The fourth-order valence-corrected chi connectivity index (χ4v) is 3.03. The quantitative estimate of drug-likeness (QED) is 0.543. The lowest BCUT2D eigenvalue weighted by Crippen LogP contribution is -2.41. The van der Waals surface area contributed by atoms with Gasteiger partial charge in [-0.25, -0.2) is 0 Å². The minimum atomic E-state index is 0.735. The first kappa shape index (κ1) is 15.6. The van der Waals surface area contributed by atoms with Crippen molar-refractivity contribution in [2.45, 2.75) is 31.9 Å². The largest absolute Gasteiger partial charge is 0.357 e. The Morgan fingerprint density at radius 2 is 2.22 bits per heavy atom. The number of nitrogens with zero attached hydrogens (tertiary/aromatic N) is 2. The van der Waals surface area contributed by atoms with Gasteiger partial charge in [-0.1, -0.05) is 6.92 Å². The number of rotatable bonds is 7. The molecule has 1 heterocycles. The standard InChI is InChI=1S/C13H28N4S/c1-4-14-13(15-8-9-17(3)5-2)16-11-12-7-6-10-18-12/h12H,4-11H2,1-3H3,(H2,14,15,16). The van der Waals surface area contributed by atoms with Crippen LogP contribution >= 0.6 is 11.8 Å². The van der Waals surface area contributed by atoms with Gasteiger partial charge in [-0.15, -0.1) is 0 Å². The molecule has 1 aliphatic rings. The zero-order chi connectivity index (χ0) is 13.2. The van der Waals surface area contributed by atoms with Gasteiger partial charge in [-0.3, -0.25) is 4.99 Å². The highest BCUT2D eigenvalue weighted by Gasteiger charge is 2.14. The maximum Gasteiger partial charge on any atom is 0.191 e. The molecule has 4 nitrogen and oxygen atoms in total. The Labute approximate surface area is 116 Å². The van der Waals surface area contributed by atoms with Crippen LogP contribution in [0.25, 0.3) is 0 Å². The lowest BCUT2D eigenvalue weighted by atomic mass is 10.2. The molecule has 0 saturated carbocycles. The summed E-state index contributed by atoms with van der Waals surface area (Å²) >= 11 is 2.06. The van der Waals surface area contributed by atoms with Gasteiger partial charge in [-0.2, -0.15) is 11.8 Å². The number of nitrogens with one attached hydrogen (secondary N) is 2. The van der Waals surface area contributed by atoms with E-state index < -0.39 is 0 Å². The Morgan fingerprint density at radius 1 is 1.39 bits per heavy atom. The van der Waals surface area contributed by atoms with E-state index in [4.69, 9.17) is 0 Å². The van der Waals surface area contributed by atoms with E-state index in [0.29, 0.717) is 0 Å². The van der Waals surface area contributed by atoms with E-state index in [-0.39, 0.29) is 0 Å². The predicted octanol–water partition coefficient (Wildman–Crippen LogP) is 1.39. The predicted molar refractivity (Wildman–Crippen MR) is 82.6 cm³/mol. The normalized spacial score (nSPS) is 20.4. The summed E-state index contributed by atoms with van der Waals surface area (Å²) < 4.78 is 0. The van der Waals surface area contributed by atoms with Crippen LogP contribution in [0.2, 0.25) is 0 Å². The van der Waals surface area contributed by atoms with Gasteiger partial charge in [0.1, 0.15) is 0 Å². The number of hydrogen-bond acceptors (Lipinski definition) is 3. The second-order valence-corrected chi connectivity index (χ2v) is 6.09. The minimum Gasteiger partial charge on any atom is -0.357 e. The number of aliphatic imine (C=N–C) groups is 1. The van der Waals surface area contributed by atoms with Crippen molar-refractivity contribution < 1.29 is 0 Å². The molecule has 0 amide bonds. The third-order valence-corrected chi connectivity index (χ3v) is 4.53. The molecule has 18 heavy (non-hydrogen) atoms. The van der Waals surface area contributed by atoms with Crippen molar-refractivity contribution in [1.29, 1.82) is 0 Å². The summed E-state index contributed by atoms with van der Waals surface area (Å²) in [5.41, 5.74) is 0. The zero-order valence-electron chi connectivity index (χ0n) is 12.0. The van der Waals surface area contributed by atoms with Crippen LogP contribution in [0, 0.1) is 0 Å². The van der Waals surface area contributed by atoms with E-state index in [2.05, 4.69) is 53.2 Å². The zero-order valence-corrected chi connectivity index (χ0v) is 12.9. The molecule has 5 heteroatoms. The van der Waals surface area contributed by atoms with Crippen molar-refractivity contribution in [2.75, 3.05) is 45.5 Å². The lowest BCUT2D eigenvalue weighted by molar-refractivity contribution is 0.357. The molecule has 1 saturated heterocycles. The molecule has 0 radical (unpaired) electrons. The second-order valence-electron chi connectivity index (χ2n) is 4.68. The molecule has 1 aliphatic heterocycles. The molecule has 1 unspecified atom stereocenters. The third kappa shape index (κ3) is 6.50. The number of likely N-dealkylation sites (N-methyl/N-ethyl adjacent to an activating group) is 1. The molecule has 0 aromatic rings. The number of guanidine groups is 1. The summed E-state index contributed by atoms with van der Waals surface area (Å²) in [4.78, 5) is 6.97. The maximum absolute atomic E-state index is 4.67. The molecule has 0 spiro atoms. The smallest absolute Gasteiger partial charge is 0.191 e. The molecule has 2 N–H and O–H groups in total. The van der Waals surface area contributed by atoms with Crippen molar-refractivity contribution in [3.05, 3.63) is 0 Å². The summed E-state index contributed by atoms with van der Waals surface area (Å²) in [7, 11) is 2.14. The van der Waals surface area contributed by atoms with Gasteiger partial charge in [0.2, 0.25) is 0 Å². The van der Waals surface area contributed by atoms with Crippen molar-refractivity contribution in [1.82, 2.24) is 15.5 Å². The monoisotopic (exact) mass is 272 g/mol. The van der Waals surface area contributed by atoms with Gasteiger partial charge in [0.25, 0.3) is 0 Å². The molecular formula is C13H28N4S. The Morgan fingerprint density at radius 3 is 2.83 bits per heavy atom. The molecule has 0 aromatic carbocycles. The van der Waals surface area contributed by atoms with E-state index in [0.717, 1.165) is 43.9 Å². The third-order valence-electron chi connectivity index (χ3n) is 3.15. The summed E-state index contributed by atoms with van der Waals surface area (Å²) in [6, 6.07) is 0. The molecule has 1 fully saturated rings. The van der Waals surface area contributed by atoms with Crippen molar-refractivity contribution in [2.24, 2.45) is 4.99 Å². The van der Waals surface area contributed by atoms with Gasteiger partial charge in [0.15, 0.2) is 5.96 Å². The van der Waals surface area contributed by atoms with E-state index in [1.165, 1.54) is 18.6 Å². The van der Waals surface area contributed by atoms with Crippen LogP contribution < -0.4 is 10.6 Å². The summed E-state index contributed by atoms with van der Waals surface area (Å²) in [6.45, 7) is 9.26. The highest BCUT2D eigenvalue weighted by molar-refractivity contribution is 8.00. The average molecular weight is 272 g/mol.